The Bertz CT molecular complexity index is 1900. The van der Waals surface area contributed by atoms with E-state index in [2.05, 4.69) is 47.4 Å². The van der Waals surface area contributed by atoms with Crippen molar-refractivity contribution in [2.24, 2.45) is 0 Å². The minimum absolute atomic E-state index is 0.229. The topological polar surface area (TPSA) is 74.0 Å². The van der Waals surface area contributed by atoms with Gasteiger partial charge in [-0.1, -0.05) is 42.5 Å². The van der Waals surface area contributed by atoms with Gasteiger partial charge in [-0.15, -0.1) is 5.10 Å². The van der Waals surface area contributed by atoms with E-state index < -0.39 is 0 Å². The molecule has 0 radical (unpaired) electrons. The summed E-state index contributed by atoms with van der Waals surface area (Å²) in [6, 6.07) is 26.7. The van der Waals surface area contributed by atoms with E-state index in [0.717, 1.165) is 44.5 Å². The highest BCUT2D eigenvalue weighted by atomic mass is 16.5. The Morgan fingerprint density at radius 2 is 1.68 bits per heavy atom. The fourth-order valence-corrected chi connectivity index (χ4v) is 5.46. The number of benzene rings is 4. The van der Waals surface area contributed by atoms with Gasteiger partial charge in [-0.2, -0.15) is 0 Å². The van der Waals surface area contributed by atoms with Gasteiger partial charge in [0, 0.05) is 42.2 Å². The smallest absolute Gasteiger partial charge is 0.228 e. The molecule has 0 aliphatic carbocycles. The lowest BCUT2D eigenvalue weighted by Crippen LogP contribution is -2.15. The van der Waals surface area contributed by atoms with E-state index >= 15 is 0 Å². The molecule has 7 rings (SSSR count). The molecule has 4 aromatic carbocycles. The van der Waals surface area contributed by atoms with Crippen molar-refractivity contribution in [2.45, 2.75) is 5.92 Å². The van der Waals surface area contributed by atoms with Crippen molar-refractivity contribution in [3.8, 4) is 34.5 Å². The van der Waals surface area contributed by atoms with Crippen LogP contribution in [0, 0.1) is 0 Å². The normalized spacial score (nSPS) is 13.9. The van der Waals surface area contributed by atoms with Gasteiger partial charge in [-0.3, -0.25) is 0 Å². The van der Waals surface area contributed by atoms with Crippen LogP contribution < -0.4 is 19.1 Å². The average molecular weight is 530 g/mol. The molecule has 40 heavy (non-hydrogen) atoms. The average Bonchev–Trinajstić information content (AvgIpc) is 3.44. The van der Waals surface area contributed by atoms with Gasteiger partial charge in [-0.05, 0) is 47.3 Å². The number of rotatable bonds is 5. The SMILES string of the molecule is COc1ccc(C2c3ccc4ccccc4c3Oc3ncn4nc(-c5ccc(N(C)C)cc5)nc4c32)cc1OC. The lowest BCUT2D eigenvalue weighted by molar-refractivity contribution is 0.354. The quantitative estimate of drug-likeness (QED) is 0.259. The van der Waals surface area contributed by atoms with Gasteiger partial charge in [0.2, 0.25) is 5.88 Å². The lowest BCUT2D eigenvalue weighted by Gasteiger charge is -2.29. The number of ether oxygens (including phenoxy) is 3. The van der Waals surface area contributed by atoms with Crippen LogP contribution in [0.1, 0.15) is 22.6 Å². The monoisotopic (exact) mass is 529 g/mol. The minimum atomic E-state index is -0.229. The molecular weight excluding hydrogens is 502 g/mol. The fraction of sp³-hybridized carbons (Fsp3) is 0.156. The first kappa shape index (κ1) is 24.0. The summed E-state index contributed by atoms with van der Waals surface area (Å²) in [5.74, 6) is 3.01. The first-order valence-electron chi connectivity index (χ1n) is 13.0. The second-order valence-electron chi connectivity index (χ2n) is 9.96. The van der Waals surface area contributed by atoms with Crippen LogP contribution in [0.2, 0.25) is 0 Å². The van der Waals surface area contributed by atoms with E-state index in [0.29, 0.717) is 28.9 Å². The molecule has 0 saturated carbocycles. The number of anilines is 1. The predicted octanol–water partition coefficient (Wildman–Crippen LogP) is 6.31. The molecule has 1 unspecified atom stereocenters. The third kappa shape index (κ3) is 3.71. The molecule has 1 aliphatic heterocycles. The van der Waals surface area contributed by atoms with E-state index in [1.54, 1.807) is 25.1 Å². The van der Waals surface area contributed by atoms with Crippen LogP contribution in [0.15, 0.2) is 85.2 Å². The molecule has 0 fully saturated rings. The van der Waals surface area contributed by atoms with Gasteiger partial charge >= 0.3 is 0 Å². The number of aromatic nitrogens is 4. The Balaban J connectivity index is 1.46. The van der Waals surface area contributed by atoms with Gasteiger partial charge in [0.05, 0.1) is 19.8 Å². The molecule has 0 saturated heterocycles. The molecule has 6 aromatic rings. The van der Waals surface area contributed by atoms with E-state index in [9.17, 15) is 0 Å². The second kappa shape index (κ2) is 9.27. The maximum absolute atomic E-state index is 6.56. The first-order valence-corrected chi connectivity index (χ1v) is 13.0. The second-order valence-corrected chi connectivity index (χ2v) is 9.96. The molecule has 2 aromatic heterocycles. The van der Waals surface area contributed by atoms with Gasteiger partial charge in [0.15, 0.2) is 23.0 Å². The van der Waals surface area contributed by atoms with Crippen LogP contribution in [-0.4, -0.2) is 47.9 Å². The van der Waals surface area contributed by atoms with Crippen molar-refractivity contribution >= 4 is 22.1 Å². The zero-order valence-electron chi connectivity index (χ0n) is 22.6. The number of methoxy groups -OCH3 is 2. The third-order valence-corrected chi connectivity index (χ3v) is 7.48. The highest BCUT2D eigenvalue weighted by Crippen LogP contribution is 2.51. The highest BCUT2D eigenvalue weighted by molar-refractivity contribution is 5.91. The van der Waals surface area contributed by atoms with Gasteiger partial charge in [0.25, 0.3) is 0 Å². The van der Waals surface area contributed by atoms with Crippen molar-refractivity contribution < 1.29 is 14.2 Å². The zero-order chi connectivity index (χ0) is 27.4. The number of hydrogen-bond donors (Lipinski definition) is 0. The van der Waals surface area contributed by atoms with Gasteiger partial charge in [-0.25, -0.2) is 14.5 Å². The molecule has 0 spiro atoms. The maximum Gasteiger partial charge on any atom is 0.228 e. The standard InChI is InChI=1S/C32H27N5O3/c1-36(2)22-13-9-20(10-14-22)30-34-31-28-27(21-12-16-25(38-3)26(17-21)39-4)24-15-11-19-7-5-6-8-23(19)29(24)40-32(28)33-18-37(31)35-30/h5-18,27H,1-4H3. The Hall–Kier alpha value is -5.11. The molecule has 8 heteroatoms. The van der Waals surface area contributed by atoms with Crippen molar-refractivity contribution in [1.29, 1.82) is 0 Å². The predicted molar refractivity (Wildman–Crippen MR) is 155 cm³/mol. The molecule has 3 heterocycles. The van der Waals surface area contributed by atoms with Gasteiger partial charge in [0.1, 0.15) is 12.1 Å². The Labute approximate surface area is 231 Å². The summed E-state index contributed by atoms with van der Waals surface area (Å²) in [7, 11) is 7.32. The summed E-state index contributed by atoms with van der Waals surface area (Å²) in [6.45, 7) is 0. The number of nitrogens with zero attached hydrogens (tertiary/aromatic N) is 5. The molecule has 1 atom stereocenters. The fourth-order valence-electron chi connectivity index (χ4n) is 5.46. The van der Waals surface area contributed by atoms with Crippen molar-refractivity contribution in [2.75, 3.05) is 33.2 Å². The van der Waals surface area contributed by atoms with Crippen LogP contribution in [-0.2, 0) is 0 Å². The van der Waals surface area contributed by atoms with Crippen LogP contribution in [0.3, 0.4) is 0 Å². The van der Waals surface area contributed by atoms with E-state index in [1.165, 1.54) is 0 Å². The van der Waals surface area contributed by atoms with E-state index in [1.807, 2.05) is 50.5 Å². The van der Waals surface area contributed by atoms with Gasteiger partial charge < -0.3 is 19.1 Å². The summed E-state index contributed by atoms with van der Waals surface area (Å²) in [6.07, 6.45) is 1.67. The Kier molecular flexibility index (Phi) is 5.55. The van der Waals surface area contributed by atoms with Crippen molar-refractivity contribution in [3.05, 3.63) is 102 Å². The van der Waals surface area contributed by atoms with Crippen LogP contribution in [0.25, 0.3) is 27.8 Å². The number of hydrogen-bond acceptors (Lipinski definition) is 7. The molecule has 1 aliphatic rings. The van der Waals surface area contributed by atoms with Crippen molar-refractivity contribution in [1.82, 2.24) is 19.6 Å². The molecular formula is C32H27N5O3. The number of fused-ring (bicyclic) bond motifs is 6. The first-order chi connectivity index (χ1) is 19.6. The zero-order valence-corrected chi connectivity index (χ0v) is 22.6. The van der Waals surface area contributed by atoms with Crippen LogP contribution in [0.5, 0.6) is 23.1 Å². The molecule has 8 nitrogen and oxygen atoms in total. The molecule has 0 bridgehead atoms. The summed E-state index contributed by atoms with van der Waals surface area (Å²) in [5, 5.41) is 6.92. The maximum atomic E-state index is 6.56. The highest BCUT2D eigenvalue weighted by Gasteiger charge is 2.35. The Morgan fingerprint density at radius 1 is 0.875 bits per heavy atom. The summed E-state index contributed by atoms with van der Waals surface area (Å²) < 4.78 is 19.5. The van der Waals surface area contributed by atoms with Crippen LogP contribution in [0.4, 0.5) is 5.69 Å². The Morgan fingerprint density at radius 3 is 2.45 bits per heavy atom. The molecule has 0 amide bonds. The molecule has 198 valence electrons. The van der Waals surface area contributed by atoms with Crippen molar-refractivity contribution in [3.63, 3.8) is 0 Å². The van der Waals surface area contributed by atoms with Crippen LogP contribution >= 0.6 is 0 Å². The van der Waals surface area contributed by atoms with E-state index in [-0.39, 0.29) is 5.92 Å². The van der Waals surface area contributed by atoms with E-state index in [4.69, 9.17) is 29.3 Å². The summed E-state index contributed by atoms with van der Waals surface area (Å²) in [4.78, 5) is 11.8. The third-order valence-electron chi connectivity index (χ3n) is 7.48. The largest absolute Gasteiger partial charge is 0.493 e. The lowest BCUT2D eigenvalue weighted by atomic mass is 9.82. The summed E-state index contributed by atoms with van der Waals surface area (Å²) in [5.41, 5.74) is 5.60. The summed E-state index contributed by atoms with van der Waals surface area (Å²) >= 11 is 0. The minimum Gasteiger partial charge on any atom is -0.493 e. The molecule has 0 N–H and O–H groups in total.